The van der Waals surface area contributed by atoms with Crippen molar-refractivity contribution >= 4 is 21.8 Å². The summed E-state index contributed by atoms with van der Waals surface area (Å²) in [5, 5.41) is 96.1. The lowest BCUT2D eigenvalue weighted by Gasteiger charge is -2.34. The largest absolute Gasteiger partial charge is 0.504 e. The van der Waals surface area contributed by atoms with Gasteiger partial charge >= 0.3 is 0 Å². The Morgan fingerprint density at radius 2 is 1.12 bits per heavy atom. The summed E-state index contributed by atoms with van der Waals surface area (Å²) in [5.41, 5.74) is 3.06. The molecule has 1 aliphatic heterocycles. The fourth-order valence-electron chi connectivity index (χ4n) is 6.74. The van der Waals surface area contributed by atoms with Crippen LogP contribution in [0, 0.1) is 6.92 Å². The van der Waals surface area contributed by atoms with Gasteiger partial charge in [-0.3, -0.25) is 9.97 Å². The molecule has 8 rings (SSSR count). The van der Waals surface area contributed by atoms with Gasteiger partial charge in [-0.1, -0.05) is 13.8 Å². The molecular weight excluding hydrogens is 648 g/mol. The second-order valence-corrected chi connectivity index (χ2v) is 12.5. The highest BCUT2D eigenvalue weighted by molar-refractivity contribution is 6.10. The van der Waals surface area contributed by atoms with Crippen molar-refractivity contribution in [2.24, 2.45) is 0 Å². The maximum Gasteiger partial charge on any atom is 0.208 e. The van der Waals surface area contributed by atoms with E-state index in [1.165, 1.54) is 6.92 Å². The van der Waals surface area contributed by atoms with Gasteiger partial charge < -0.3 is 50.5 Å². The number of benzene rings is 3. The highest BCUT2D eigenvalue weighted by Crippen LogP contribution is 2.55. The molecule has 5 heterocycles. The summed E-state index contributed by atoms with van der Waals surface area (Å²) in [5.74, 6) is -10.6. The monoisotopic (exact) mass is 674 g/mol. The van der Waals surface area contributed by atoms with Crippen molar-refractivity contribution in [2.75, 3.05) is 0 Å². The van der Waals surface area contributed by atoms with E-state index < -0.39 is 74.4 Å². The molecule has 0 atom stereocenters. The maximum atomic E-state index is 10.9. The molecular formula is C35H26N6O9. The fraction of sp³-hybridized carbons (Fsp3) is 0.114. The van der Waals surface area contributed by atoms with Crippen molar-refractivity contribution in [3.63, 3.8) is 0 Å². The van der Waals surface area contributed by atoms with E-state index in [1.807, 2.05) is 44.4 Å². The first-order valence-corrected chi connectivity index (χ1v) is 15.0. The Hall–Kier alpha value is -7.03. The van der Waals surface area contributed by atoms with E-state index in [9.17, 15) is 46.0 Å². The van der Waals surface area contributed by atoms with Gasteiger partial charge in [0.05, 0.1) is 22.3 Å². The molecule has 3 aromatic carbocycles. The second-order valence-electron chi connectivity index (χ2n) is 12.5. The Bertz CT molecular complexity index is 2510. The van der Waals surface area contributed by atoms with E-state index in [0.717, 1.165) is 38.6 Å². The Morgan fingerprint density at radius 3 is 1.80 bits per heavy atom. The van der Waals surface area contributed by atoms with Crippen LogP contribution in [0.5, 0.6) is 51.7 Å². The third-order valence-electron chi connectivity index (χ3n) is 9.41. The van der Waals surface area contributed by atoms with E-state index in [-0.39, 0.29) is 17.0 Å². The highest BCUT2D eigenvalue weighted by Gasteiger charge is 2.36. The van der Waals surface area contributed by atoms with Crippen LogP contribution in [-0.2, 0) is 5.41 Å². The van der Waals surface area contributed by atoms with E-state index >= 15 is 0 Å². The third kappa shape index (κ3) is 3.82. The van der Waals surface area contributed by atoms with Crippen LogP contribution in [0.4, 0.5) is 0 Å². The molecule has 0 saturated carbocycles. The normalized spacial score (nSPS) is 13.2. The summed E-state index contributed by atoms with van der Waals surface area (Å²) in [6, 6.07) is 7.33. The zero-order valence-corrected chi connectivity index (χ0v) is 26.3. The smallest absolute Gasteiger partial charge is 0.208 e. The molecule has 15 heteroatoms. The van der Waals surface area contributed by atoms with Gasteiger partial charge in [0.2, 0.25) is 28.7 Å². The second kappa shape index (κ2) is 9.99. The van der Waals surface area contributed by atoms with Crippen LogP contribution in [0.15, 0.2) is 49.1 Å². The minimum atomic E-state index is -1.20. The van der Waals surface area contributed by atoms with E-state index in [1.54, 1.807) is 18.5 Å². The predicted octanol–water partition coefficient (Wildman–Crippen LogP) is 5.06. The molecule has 9 N–H and O–H groups in total. The zero-order chi connectivity index (χ0) is 35.5. The minimum Gasteiger partial charge on any atom is -0.504 e. The van der Waals surface area contributed by atoms with Crippen LogP contribution < -0.4 is 0 Å². The van der Waals surface area contributed by atoms with E-state index in [2.05, 4.69) is 29.5 Å². The molecule has 7 aromatic rings. The van der Waals surface area contributed by atoms with Crippen molar-refractivity contribution < 1.29 is 46.0 Å². The zero-order valence-electron chi connectivity index (χ0n) is 26.3. The summed E-state index contributed by atoms with van der Waals surface area (Å²) in [7, 11) is 0. The van der Waals surface area contributed by atoms with Crippen LogP contribution in [0.25, 0.3) is 61.7 Å². The SMILES string of the molecule is Cc1c(O)c(O)c(O)c(O)c1-c1nc(-c2ccc3c(c2)C(C)(C)c2cncc4c5cnccc5n-3c24)nc(-c2c(O)c(O)c(O)c(O)c2O)n1. The van der Waals surface area contributed by atoms with Gasteiger partial charge in [0.15, 0.2) is 40.5 Å². The lowest BCUT2D eigenvalue weighted by Crippen LogP contribution is -2.26. The quantitative estimate of drug-likeness (QED) is 0.0878. The number of fused-ring (bicyclic) bond motifs is 5. The first-order valence-electron chi connectivity index (χ1n) is 15.0. The summed E-state index contributed by atoms with van der Waals surface area (Å²) in [6.45, 7) is 5.39. The lowest BCUT2D eigenvalue weighted by atomic mass is 9.75. The van der Waals surface area contributed by atoms with Crippen molar-refractivity contribution in [3.8, 4) is 91.6 Å². The van der Waals surface area contributed by atoms with Crippen molar-refractivity contribution in [2.45, 2.75) is 26.2 Å². The van der Waals surface area contributed by atoms with Crippen LogP contribution in [-0.4, -0.2) is 75.4 Å². The van der Waals surface area contributed by atoms with Gasteiger partial charge in [-0.05, 0) is 36.8 Å². The topological polar surface area (TPSA) is 251 Å². The molecule has 0 radical (unpaired) electrons. The molecule has 1 aliphatic rings. The Kier molecular flexibility index (Phi) is 6.06. The van der Waals surface area contributed by atoms with Crippen molar-refractivity contribution in [1.82, 2.24) is 29.5 Å². The standard InChI is InChI=1S/C35H26N6O9/c1-12-20(24(43)28(47)27(46)23(12)42)33-38-32(39-34(40-33)21-25(44)29(48)31(50)30(49)26(21)45)13-4-5-19-16(8-13)35(2,3)17-11-37-10-15-14-9-36-7-6-18(14)41(19)22(15)17/h4-11,42-50H,1-3H3. The number of phenolic OH excluding ortho intramolecular Hbond substituents is 9. The van der Waals surface area contributed by atoms with Crippen LogP contribution >= 0.6 is 0 Å². The van der Waals surface area contributed by atoms with Crippen LogP contribution in [0.2, 0.25) is 0 Å². The van der Waals surface area contributed by atoms with Gasteiger partial charge in [-0.2, -0.15) is 0 Å². The first-order chi connectivity index (χ1) is 23.7. The van der Waals surface area contributed by atoms with Gasteiger partial charge in [0, 0.05) is 57.7 Å². The highest BCUT2D eigenvalue weighted by atomic mass is 16.4. The van der Waals surface area contributed by atoms with Gasteiger partial charge in [0.25, 0.3) is 0 Å². The number of pyridine rings is 2. The summed E-state index contributed by atoms with van der Waals surface area (Å²) in [6.07, 6.45) is 7.12. The molecule has 0 unspecified atom stereocenters. The summed E-state index contributed by atoms with van der Waals surface area (Å²) >= 11 is 0. The van der Waals surface area contributed by atoms with Crippen LogP contribution in [0.3, 0.4) is 0 Å². The molecule has 0 bridgehead atoms. The number of hydrogen-bond donors (Lipinski definition) is 9. The lowest BCUT2D eigenvalue weighted by molar-refractivity contribution is 0.329. The molecule has 0 fully saturated rings. The van der Waals surface area contributed by atoms with Gasteiger partial charge in [-0.15, -0.1) is 0 Å². The van der Waals surface area contributed by atoms with Gasteiger partial charge in [0.1, 0.15) is 5.56 Å². The van der Waals surface area contributed by atoms with E-state index in [4.69, 9.17) is 0 Å². The number of aromatic hydroxyl groups is 9. The Balaban J connectivity index is 1.43. The summed E-state index contributed by atoms with van der Waals surface area (Å²) in [4.78, 5) is 22.1. The number of nitrogens with zero attached hydrogens (tertiary/aromatic N) is 6. The molecule has 15 nitrogen and oxygen atoms in total. The van der Waals surface area contributed by atoms with Crippen LogP contribution in [0.1, 0.15) is 30.5 Å². The Morgan fingerprint density at radius 1 is 0.560 bits per heavy atom. The molecule has 0 aliphatic carbocycles. The number of rotatable bonds is 3. The number of hydrogen-bond acceptors (Lipinski definition) is 14. The molecule has 250 valence electrons. The average Bonchev–Trinajstić information content (AvgIpc) is 3.45. The first kappa shape index (κ1) is 30.3. The molecule has 0 amide bonds. The number of aromatic nitrogens is 6. The third-order valence-corrected chi connectivity index (χ3v) is 9.41. The van der Waals surface area contributed by atoms with Gasteiger partial charge in [-0.25, -0.2) is 15.0 Å². The van der Waals surface area contributed by atoms with Crippen molar-refractivity contribution in [3.05, 3.63) is 65.7 Å². The molecule has 4 aromatic heterocycles. The Labute approximate surface area is 280 Å². The molecule has 50 heavy (non-hydrogen) atoms. The summed E-state index contributed by atoms with van der Waals surface area (Å²) < 4.78 is 2.12. The molecule has 0 spiro atoms. The average molecular weight is 675 g/mol. The number of phenols is 9. The fourth-order valence-corrected chi connectivity index (χ4v) is 6.74. The van der Waals surface area contributed by atoms with E-state index in [0.29, 0.717) is 5.56 Å². The molecule has 0 saturated heterocycles. The van der Waals surface area contributed by atoms with Crippen molar-refractivity contribution in [1.29, 1.82) is 0 Å². The maximum absolute atomic E-state index is 10.9. The minimum absolute atomic E-state index is 0.107. The predicted molar refractivity (Wildman–Crippen MR) is 178 cm³/mol.